The first-order valence-electron chi connectivity index (χ1n) is 8.09. The van der Waals surface area contributed by atoms with Gasteiger partial charge in [-0.1, -0.05) is 0 Å². The zero-order valence-corrected chi connectivity index (χ0v) is 13.4. The number of hydrogen-bond acceptors (Lipinski definition) is 5. The van der Waals surface area contributed by atoms with Gasteiger partial charge in [0.1, 0.15) is 5.69 Å². The topological polar surface area (TPSA) is 75.6 Å². The number of ether oxygens (including phenoxy) is 1. The maximum atomic E-state index is 12.6. The number of likely N-dealkylation sites (tertiary alicyclic amines) is 1. The molecule has 0 aliphatic carbocycles. The predicted octanol–water partition coefficient (Wildman–Crippen LogP) is 0.496. The minimum Gasteiger partial charge on any atom is -0.378 e. The number of carbonyl (C=O) groups is 2. The van der Waals surface area contributed by atoms with E-state index in [1.165, 1.54) is 6.20 Å². The molecule has 1 aromatic heterocycles. The van der Waals surface area contributed by atoms with Gasteiger partial charge in [-0.2, -0.15) is 0 Å². The monoisotopic (exact) mass is 318 g/mol. The largest absolute Gasteiger partial charge is 0.378 e. The minimum absolute atomic E-state index is 0.121. The molecule has 3 rings (SSSR count). The second kappa shape index (κ2) is 7.04. The third kappa shape index (κ3) is 3.67. The predicted molar refractivity (Wildman–Crippen MR) is 82.8 cm³/mol. The molecule has 7 nitrogen and oxygen atoms in total. The molecule has 124 valence electrons. The summed E-state index contributed by atoms with van der Waals surface area (Å²) >= 11 is 0. The van der Waals surface area contributed by atoms with Gasteiger partial charge >= 0.3 is 0 Å². The van der Waals surface area contributed by atoms with Crippen molar-refractivity contribution in [2.75, 3.05) is 39.4 Å². The number of morpholine rings is 1. The van der Waals surface area contributed by atoms with E-state index in [0.29, 0.717) is 45.1 Å². The van der Waals surface area contributed by atoms with E-state index in [1.807, 2.05) is 11.8 Å². The SMILES string of the molecule is Cc1cnc(C(=O)N2CCCC(C(=O)N3CCOCC3)C2)cn1. The lowest BCUT2D eigenvalue weighted by molar-refractivity contribution is -0.141. The van der Waals surface area contributed by atoms with Crippen LogP contribution < -0.4 is 0 Å². The van der Waals surface area contributed by atoms with Crippen molar-refractivity contribution in [1.29, 1.82) is 0 Å². The van der Waals surface area contributed by atoms with Crippen molar-refractivity contribution in [2.45, 2.75) is 19.8 Å². The first kappa shape index (κ1) is 15.9. The van der Waals surface area contributed by atoms with E-state index in [4.69, 9.17) is 4.74 Å². The van der Waals surface area contributed by atoms with Crippen LogP contribution in [0.5, 0.6) is 0 Å². The van der Waals surface area contributed by atoms with Gasteiger partial charge in [0, 0.05) is 32.4 Å². The molecule has 2 fully saturated rings. The van der Waals surface area contributed by atoms with Crippen molar-refractivity contribution < 1.29 is 14.3 Å². The van der Waals surface area contributed by atoms with Gasteiger partial charge in [0.05, 0.1) is 31.0 Å². The molecule has 23 heavy (non-hydrogen) atoms. The molecule has 1 unspecified atom stereocenters. The van der Waals surface area contributed by atoms with Crippen LogP contribution in [0.25, 0.3) is 0 Å². The Morgan fingerprint density at radius 3 is 2.61 bits per heavy atom. The minimum atomic E-state index is -0.142. The molecule has 1 atom stereocenters. The number of nitrogens with zero attached hydrogens (tertiary/aromatic N) is 4. The van der Waals surface area contributed by atoms with Gasteiger partial charge in [-0.3, -0.25) is 14.6 Å². The molecular weight excluding hydrogens is 296 g/mol. The third-order valence-corrected chi connectivity index (χ3v) is 4.38. The van der Waals surface area contributed by atoms with Gasteiger partial charge in [-0.05, 0) is 19.8 Å². The summed E-state index contributed by atoms with van der Waals surface area (Å²) in [4.78, 5) is 37.0. The van der Waals surface area contributed by atoms with Crippen LogP contribution in [0.1, 0.15) is 29.0 Å². The highest BCUT2D eigenvalue weighted by molar-refractivity contribution is 5.92. The Morgan fingerprint density at radius 2 is 1.91 bits per heavy atom. The Bertz CT molecular complexity index is 569. The smallest absolute Gasteiger partial charge is 0.274 e. The molecule has 0 aromatic carbocycles. The number of aryl methyl sites for hydroxylation is 1. The number of carbonyl (C=O) groups excluding carboxylic acids is 2. The average Bonchev–Trinajstić information content (AvgIpc) is 2.62. The van der Waals surface area contributed by atoms with Crippen molar-refractivity contribution in [3.05, 3.63) is 23.8 Å². The zero-order chi connectivity index (χ0) is 16.2. The second-order valence-electron chi connectivity index (χ2n) is 6.07. The van der Waals surface area contributed by atoms with E-state index in [0.717, 1.165) is 18.5 Å². The quantitative estimate of drug-likeness (QED) is 0.793. The van der Waals surface area contributed by atoms with Crippen molar-refractivity contribution in [3.63, 3.8) is 0 Å². The number of aromatic nitrogens is 2. The summed E-state index contributed by atoms with van der Waals surface area (Å²) in [6, 6.07) is 0. The van der Waals surface area contributed by atoms with Crippen molar-refractivity contribution >= 4 is 11.8 Å². The number of piperidine rings is 1. The standard InChI is InChI=1S/C16H22N4O3/c1-12-9-18-14(10-17-12)16(22)20-4-2-3-13(11-20)15(21)19-5-7-23-8-6-19/h9-10,13H,2-8,11H2,1H3. The molecule has 0 spiro atoms. The lowest BCUT2D eigenvalue weighted by Gasteiger charge is -2.36. The van der Waals surface area contributed by atoms with Crippen LogP contribution in [-0.2, 0) is 9.53 Å². The van der Waals surface area contributed by atoms with E-state index in [2.05, 4.69) is 9.97 Å². The van der Waals surface area contributed by atoms with Crippen LogP contribution in [0, 0.1) is 12.8 Å². The molecule has 0 N–H and O–H groups in total. The molecule has 2 aliphatic heterocycles. The number of amides is 2. The van der Waals surface area contributed by atoms with Crippen LogP contribution in [0.4, 0.5) is 0 Å². The summed E-state index contributed by atoms with van der Waals surface area (Å²) in [6.45, 7) is 5.45. The summed E-state index contributed by atoms with van der Waals surface area (Å²) in [6.07, 6.45) is 4.77. The van der Waals surface area contributed by atoms with Crippen LogP contribution in [0.3, 0.4) is 0 Å². The van der Waals surface area contributed by atoms with E-state index in [1.54, 1.807) is 11.1 Å². The Morgan fingerprint density at radius 1 is 1.13 bits per heavy atom. The van der Waals surface area contributed by atoms with E-state index >= 15 is 0 Å². The molecule has 2 saturated heterocycles. The molecule has 2 amide bonds. The molecular formula is C16H22N4O3. The first-order chi connectivity index (χ1) is 11.1. The Labute approximate surface area is 135 Å². The molecule has 0 saturated carbocycles. The fraction of sp³-hybridized carbons (Fsp3) is 0.625. The summed E-state index contributed by atoms with van der Waals surface area (Å²) in [5, 5.41) is 0. The summed E-state index contributed by atoms with van der Waals surface area (Å²) in [5.41, 5.74) is 1.12. The van der Waals surface area contributed by atoms with Crippen molar-refractivity contribution in [1.82, 2.24) is 19.8 Å². The fourth-order valence-electron chi connectivity index (χ4n) is 3.07. The highest BCUT2D eigenvalue weighted by Gasteiger charge is 2.32. The number of hydrogen-bond donors (Lipinski definition) is 0. The molecule has 0 bridgehead atoms. The van der Waals surface area contributed by atoms with Crippen LogP contribution in [0.2, 0.25) is 0 Å². The highest BCUT2D eigenvalue weighted by atomic mass is 16.5. The van der Waals surface area contributed by atoms with Gasteiger partial charge in [0.2, 0.25) is 5.91 Å². The average molecular weight is 318 g/mol. The maximum Gasteiger partial charge on any atom is 0.274 e. The van der Waals surface area contributed by atoms with Gasteiger partial charge in [-0.25, -0.2) is 4.98 Å². The zero-order valence-electron chi connectivity index (χ0n) is 13.4. The third-order valence-electron chi connectivity index (χ3n) is 4.38. The fourth-order valence-corrected chi connectivity index (χ4v) is 3.07. The van der Waals surface area contributed by atoms with Crippen molar-refractivity contribution in [3.8, 4) is 0 Å². The summed E-state index contributed by atoms with van der Waals surface area (Å²) < 4.78 is 5.29. The Kier molecular flexibility index (Phi) is 4.85. The lowest BCUT2D eigenvalue weighted by atomic mass is 9.96. The molecule has 1 aromatic rings. The van der Waals surface area contributed by atoms with E-state index in [9.17, 15) is 9.59 Å². The maximum absolute atomic E-state index is 12.6. The van der Waals surface area contributed by atoms with Crippen LogP contribution >= 0.6 is 0 Å². The highest BCUT2D eigenvalue weighted by Crippen LogP contribution is 2.20. The molecule has 2 aliphatic rings. The Balaban J connectivity index is 1.64. The van der Waals surface area contributed by atoms with E-state index < -0.39 is 0 Å². The second-order valence-corrected chi connectivity index (χ2v) is 6.07. The van der Waals surface area contributed by atoms with Gasteiger partial charge in [0.15, 0.2) is 0 Å². The molecule has 3 heterocycles. The molecule has 7 heteroatoms. The van der Waals surface area contributed by atoms with Crippen LogP contribution in [0.15, 0.2) is 12.4 Å². The van der Waals surface area contributed by atoms with Gasteiger partial charge in [0.25, 0.3) is 5.91 Å². The van der Waals surface area contributed by atoms with Gasteiger partial charge in [-0.15, -0.1) is 0 Å². The normalized spacial score (nSPS) is 22.0. The van der Waals surface area contributed by atoms with Gasteiger partial charge < -0.3 is 14.5 Å². The summed E-state index contributed by atoms with van der Waals surface area (Å²) in [5.74, 6) is -0.123. The lowest BCUT2D eigenvalue weighted by Crippen LogP contribution is -2.49. The van der Waals surface area contributed by atoms with Crippen molar-refractivity contribution in [2.24, 2.45) is 5.92 Å². The Hall–Kier alpha value is -2.02. The summed E-state index contributed by atoms with van der Waals surface area (Å²) in [7, 11) is 0. The van der Waals surface area contributed by atoms with E-state index in [-0.39, 0.29) is 17.7 Å². The first-order valence-corrected chi connectivity index (χ1v) is 8.09. The number of rotatable bonds is 2. The molecule has 0 radical (unpaired) electrons. The van der Waals surface area contributed by atoms with Crippen LogP contribution in [-0.4, -0.2) is 71.0 Å².